The molecule has 0 aromatic heterocycles. The van der Waals surface area contributed by atoms with Crippen molar-refractivity contribution in [1.82, 2.24) is 0 Å². The van der Waals surface area contributed by atoms with Crippen LogP contribution in [0.1, 0.15) is 125 Å². The molecule has 0 spiro atoms. The first-order chi connectivity index (χ1) is 17.4. The van der Waals surface area contributed by atoms with E-state index < -0.39 is 55.2 Å². The third-order valence-corrected chi connectivity index (χ3v) is 9.71. The van der Waals surface area contributed by atoms with E-state index in [4.69, 9.17) is 8.56 Å². The number of ketones is 3. The summed E-state index contributed by atoms with van der Waals surface area (Å²) in [5, 5.41) is 0. The van der Waals surface area contributed by atoms with Crippen molar-refractivity contribution < 1.29 is 22.9 Å². The molecule has 0 aromatic carbocycles. The summed E-state index contributed by atoms with van der Waals surface area (Å²) in [5.74, 6) is 1.14. The Hall–Kier alpha value is -1.50. The van der Waals surface area contributed by atoms with Gasteiger partial charge in [-0.3, -0.25) is 0 Å². The fourth-order valence-corrected chi connectivity index (χ4v) is 8.47. The molecule has 0 saturated carbocycles. The topological polar surface area (TPSA) is 78.9 Å². The molecule has 7 heteroatoms. The Labute approximate surface area is 254 Å². The van der Waals surface area contributed by atoms with Gasteiger partial charge in [0.15, 0.2) is 0 Å². The monoisotopic (exact) mass is 664 g/mol. The van der Waals surface area contributed by atoms with Crippen LogP contribution in [-0.2, 0) is 22.9 Å². The minimum absolute atomic E-state index is 0.0774. The molecule has 0 amide bonds. The van der Waals surface area contributed by atoms with Crippen LogP contribution in [0.2, 0.25) is 0 Å². The van der Waals surface area contributed by atoms with Crippen molar-refractivity contribution in [2.45, 2.75) is 125 Å². The summed E-state index contributed by atoms with van der Waals surface area (Å²) in [6.07, 6.45) is 4.62. The molecule has 0 heterocycles. The molecule has 0 unspecified atom stereocenters. The second-order valence-electron chi connectivity index (χ2n) is 16.8. The van der Waals surface area contributed by atoms with Gasteiger partial charge in [0, 0.05) is 0 Å². The van der Waals surface area contributed by atoms with Crippen molar-refractivity contribution in [3.63, 3.8) is 0 Å². The van der Waals surface area contributed by atoms with Crippen LogP contribution in [0, 0.1) is 32.5 Å². The zero-order chi connectivity index (χ0) is 32.3. The van der Waals surface area contributed by atoms with Crippen LogP contribution < -0.4 is 0 Å². The van der Waals surface area contributed by atoms with Gasteiger partial charge in [-0.2, -0.15) is 0 Å². The molecule has 40 heavy (non-hydrogen) atoms. The number of carbonyl (C=O) groups is 3. The van der Waals surface area contributed by atoms with Crippen LogP contribution in [0.4, 0.5) is 0 Å². The van der Waals surface area contributed by atoms with Gasteiger partial charge in [-0.1, -0.05) is 0 Å². The van der Waals surface area contributed by atoms with Crippen LogP contribution in [0.3, 0.4) is 0 Å². The summed E-state index contributed by atoms with van der Waals surface area (Å²) < 4.78 is 19.7. The number of hydrogen-bond acceptors (Lipinski definition) is 6. The average molecular weight is 665 g/mol. The summed E-state index contributed by atoms with van der Waals surface area (Å²) in [6.45, 7) is 34.4. The van der Waals surface area contributed by atoms with E-state index in [1.165, 1.54) is 18.2 Å². The molecule has 0 aromatic rings. The summed E-state index contributed by atoms with van der Waals surface area (Å²) in [4.78, 5) is 39.2. The van der Waals surface area contributed by atoms with E-state index >= 15 is 0 Å². The minimum atomic E-state index is -4.14. The summed E-state index contributed by atoms with van der Waals surface area (Å²) in [7, 11) is 0. The second-order valence-corrected chi connectivity index (χ2v) is 20.4. The molecule has 0 fully saturated rings. The molecule has 0 aliphatic carbocycles. The van der Waals surface area contributed by atoms with Crippen molar-refractivity contribution in [2.75, 3.05) is 0 Å². The van der Waals surface area contributed by atoms with Crippen LogP contribution in [0.5, 0.6) is 0 Å². The molecule has 0 bridgehead atoms. The van der Waals surface area contributed by atoms with Crippen molar-refractivity contribution in [2.24, 2.45) is 32.5 Å². The van der Waals surface area contributed by atoms with E-state index in [2.05, 4.69) is 0 Å². The number of rotatable bonds is 9. The van der Waals surface area contributed by atoms with E-state index in [-0.39, 0.29) is 17.3 Å². The van der Waals surface area contributed by atoms with Gasteiger partial charge in [0.05, 0.1) is 0 Å². The maximum absolute atomic E-state index is 13.1. The van der Waals surface area contributed by atoms with Crippen LogP contribution in [-0.4, -0.2) is 40.1 Å². The van der Waals surface area contributed by atoms with Gasteiger partial charge in [-0.05, 0) is 0 Å². The summed E-state index contributed by atoms with van der Waals surface area (Å²) >= 11 is -4.14. The fraction of sp³-hybridized carbons (Fsp3) is 0.727. The van der Waals surface area contributed by atoms with Gasteiger partial charge in [0.1, 0.15) is 0 Å². The normalized spacial score (nSPS) is 15.0. The van der Waals surface area contributed by atoms with Gasteiger partial charge in [0.25, 0.3) is 0 Å². The van der Waals surface area contributed by atoms with E-state index in [0.717, 1.165) is 0 Å². The zero-order valence-electron chi connectivity index (χ0n) is 28.8. The molecule has 0 rings (SSSR count). The molecule has 0 aliphatic rings. The first-order valence-corrected chi connectivity index (χ1v) is 18.2. The zero-order valence-corrected chi connectivity index (χ0v) is 32.1. The molecule has 0 radical (unpaired) electrons. The SMILES string of the molecule is CC(C)(C)C(=O)C=C([O][In]([O]C(=CC(=O)C(C)(C)C)C(C)(C)C)[O]C(=CC(=O)C(C)(C)C)C(C)(C)C)C(C)(C)C. The number of carbonyl (C=O) groups excluding carboxylic acids is 3. The Kier molecular flexibility index (Phi) is 12.7. The van der Waals surface area contributed by atoms with E-state index in [9.17, 15) is 14.4 Å². The average Bonchev–Trinajstić information content (AvgIpc) is 2.67. The Bertz CT molecular complexity index is 885. The van der Waals surface area contributed by atoms with E-state index in [1.54, 1.807) is 0 Å². The number of hydrogen-bond donors (Lipinski definition) is 0. The van der Waals surface area contributed by atoms with Gasteiger partial charge in [0.2, 0.25) is 0 Å². The standard InChI is InChI=1S/3C11H20O2.In/c3*1-10(2,3)8(12)7-9(13)11(4,5)6;/h3*7,12H,1-6H3;/q;;;+3/p-3. The molecule has 0 aliphatic heterocycles. The van der Waals surface area contributed by atoms with Gasteiger partial charge >= 0.3 is 256 Å². The molecule has 0 atom stereocenters. The van der Waals surface area contributed by atoms with Crippen LogP contribution in [0.15, 0.2) is 35.5 Å². The molecule has 6 nitrogen and oxygen atoms in total. The fourth-order valence-electron chi connectivity index (χ4n) is 2.67. The van der Waals surface area contributed by atoms with E-state index in [0.29, 0.717) is 17.3 Å². The summed E-state index contributed by atoms with van der Waals surface area (Å²) in [5.41, 5.74) is -3.37. The first-order valence-electron chi connectivity index (χ1n) is 14.2. The predicted octanol–water partition coefficient (Wildman–Crippen LogP) is 8.66. The Morgan fingerprint density at radius 1 is 0.375 bits per heavy atom. The van der Waals surface area contributed by atoms with Crippen molar-refractivity contribution in [3.05, 3.63) is 35.5 Å². The third kappa shape index (κ3) is 13.4. The van der Waals surface area contributed by atoms with E-state index in [1.807, 2.05) is 125 Å². The molecular weight excluding hydrogens is 607 g/mol. The second kappa shape index (κ2) is 13.2. The Balaban J connectivity index is 7.14. The van der Waals surface area contributed by atoms with Gasteiger partial charge in [-0.15, -0.1) is 0 Å². The van der Waals surface area contributed by atoms with Gasteiger partial charge in [-0.25, -0.2) is 0 Å². The molecular formula is C33H57InO6. The Morgan fingerprint density at radius 3 is 0.675 bits per heavy atom. The predicted molar refractivity (Wildman–Crippen MR) is 165 cm³/mol. The number of allylic oxidation sites excluding steroid dienone is 6. The Morgan fingerprint density at radius 2 is 0.550 bits per heavy atom. The van der Waals surface area contributed by atoms with Crippen molar-refractivity contribution >= 4 is 40.1 Å². The molecule has 0 N–H and O–H groups in total. The maximum atomic E-state index is 13.1. The summed E-state index contributed by atoms with van der Waals surface area (Å²) in [6, 6.07) is 0. The molecule has 228 valence electrons. The van der Waals surface area contributed by atoms with Crippen molar-refractivity contribution in [3.8, 4) is 0 Å². The molecule has 0 saturated heterocycles. The quantitative estimate of drug-likeness (QED) is 0.181. The van der Waals surface area contributed by atoms with Gasteiger partial charge < -0.3 is 0 Å². The third-order valence-electron chi connectivity index (χ3n) is 5.89. The van der Waals surface area contributed by atoms with Crippen LogP contribution in [0.25, 0.3) is 0 Å². The first kappa shape index (κ1) is 38.5. The van der Waals surface area contributed by atoms with Crippen molar-refractivity contribution in [1.29, 1.82) is 0 Å². The van der Waals surface area contributed by atoms with Crippen LogP contribution >= 0.6 is 0 Å².